The smallest absolute Gasteiger partial charge is 0.161 e. The van der Waals surface area contributed by atoms with E-state index in [1.807, 2.05) is 13.0 Å². The van der Waals surface area contributed by atoms with Crippen LogP contribution in [0.1, 0.15) is 53.5 Å². The molecule has 0 saturated carbocycles. The van der Waals surface area contributed by atoms with Gasteiger partial charge in [-0.2, -0.15) is 0 Å². The van der Waals surface area contributed by atoms with Gasteiger partial charge < -0.3 is 14.8 Å². The Morgan fingerprint density at radius 2 is 1.85 bits per heavy atom. The zero-order valence-corrected chi connectivity index (χ0v) is 13.7. The van der Waals surface area contributed by atoms with Crippen LogP contribution >= 0.6 is 0 Å². The lowest BCUT2D eigenvalue weighted by molar-refractivity contribution is 0.203. The first-order chi connectivity index (χ1) is 9.35. The molecule has 0 radical (unpaired) electrons. The molecule has 0 bridgehead atoms. The zero-order chi connectivity index (χ0) is 15.2. The summed E-state index contributed by atoms with van der Waals surface area (Å²) in [5.41, 5.74) is 1.32. The lowest BCUT2D eigenvalue weighted by Gasteiger charge is -2.21. The molecular weight excluding hydrogens is 250 g/mol. The third-order valence-corrected chi connectivity index (χ3v) is 3.03. The normalized spacial score (nSPS) is 13.1. The Labute approximate surface area is 123 Å². The minimum Gasteiger partial charge on any atom is -0.490 e. The lowest BCUT2D eigenvalue weighted by atomic mass is 10.1. The largest absolute Gasteiger partial charge is 0.490 e. The average Bonchev–Trinajstić information content (AvgIpc) is 2.38. The van der Waals surface area contributed by atoms with Gasteiger partial charge >= 0.3 is 0 Å². The minimum absolute atomic E-state index is 0.109. The van der Waals surface area contributed by atoms with Gasteiger partial charge in [0.25, 0.3) is 0 Å². The maximum absolute atomic E-state index is 5.90. The maximum Gasteiger partial charge on any atom is 0.161 e. The molecule has 20 heavy (non-hydrogen) atoms. The highest BCUT2D eigenvalue weighted by Gasteiger charge is 2.12. The molecule has 0 aromatic heterocycles. The molecule has 1 unspecified atom stereocenters. The molecule has 1 aromatic carbocycles. The fourth-order valence-electron chi connectivity index (χ4n) is 1.70. The van der Waals surface area contributed by atoms with E-state index in [9.17, 15) is 0 Å². The number of nitrogens with one attached hydrogen (secondary N) is 1. The summed E-state index contributed by atoms with van der Waals surface area (Å²) in [7, 11) is 0. The molecule has 3 heteroatoms. The summed E-state index contributed by atoms with van der Waals surface area (Å²) in [4.78, 5) is 0. The fraction of sp³-hybridized carbons (Fsp3) is 0.647. The second-order valence-corrected chi connectivity index (χ2v) is 6.15. The third-order valence-electron chi connectivity index (χ3n) is 3.03. The van der Waals surface area contributed by atoms with Crippen molar-refractivity contribution >= 4 is 0 Å². The molecule has 0 saturated heterocycles. The average molecular weight is 279 g/mol. The van der Waals surface area contributed by atoms with Gasteiger partial charge in [0, 0.05) is 12.1 Å². The summed E-state index contributed by atoms with van der Waals surface area (Å²) >= 11 is 0. The van der Waals surface area contributed by atoms with Gasteiger partial charge in [-0.3, -0.25) is 0 Å². The van der Waals surface area contributed by atoms with Gasteiger partial charge in [0.1, 0.15) is 0 Å². The quantitative estimate of drug-likeness (QED) is 0.813. The Hall–Kier alpha value is -1.22. The molecule has 3 nitrogen and oxygen atoms in total. The predicted octanol–water partition coefficient (Wildman–Crippen LogP) is 4.15. The van der Waals surface area contributed by atoms with Crippen LogP contribution in [0.2, 0.25) is 0 Å². The van der Waals surface area contributed by atoms with Crippen LogP contribution in [0.25, 0.3) is 0 Å². The molecular formula is C17H29NO2. The summed E-state index contributed by atoms with van der Waals surface area (Å²) in [6.07, 6.45) is 1.19. The number of hydrogen-bond donors (Lipinski definition) is 1. The second-order valence-electron chi connectivity index (χ2n) is 6.15. The molecule has 1 rings (SSSR count). The molecule has 0 heterocycles. The number of rotatable bonds is 7. The first-order valence-corrected chi connectivity index (χ1v) is 7.53. The van der Waals surface area contributed by atoms with E-state index >= 15 is 0 Å². The van der Waals surface area contributed by atoms with Gasteiger partial charge in [0.15, 0.2) is 11.5 Å². The molecule has 0 amide bonds. The van der Waals surface area contributed by atoms with E-state index in [0.717, 1.165) is 24.5 Å². The SMILES string of the molecule is CCOc1cc(CNC(C)(C)C)ccc1OC(C)CC. The number of ether oxygens (including phenoxy) is 2. The second kappa shape index (κ2) is 7.53. The van der Waals surface area contributed by atoms with Crippen molar-refractivity contribution in [3.8, 4) is 11.5 Å². The molecule has 1 atom stereocenters. The highest BCUT2D eigenvalue weighted by Crippen LogP contribution is 2.30. The third kappa shape index (κ3) is 5.83. The molecule has 0 spiro atoms. The van der Waals surface area contributed by atoms with Gasteiger partial charge in [0.05, 0.1) is 12.7 Å². The molecule has 114 valence electrons. The van der Waals surface area contributed by atoms with Crippen molar-refractivity contribution in [1.29, 1.82) is 0 Å². The Kier molecular flexibility index (Phi) is 6.34. The van der Waals surface area contributed by atoms with E-state index in [0.29, 0.717) is 6.61 Å². The number of hydrogen-bond acceptors (Lipinski definition) is 3. The first-order valence-electron chi connectivity index (χ1n) is 7.53. The van der Waals surface area contributed by atoms with Crippen LogP contribution in [0.15, 0.2) is 18.2 Å². The Morgan fingerprint density at radius 1 is 1.15 bits per heavy atom. The van der Waals surface area contributed by atoms with Crippen LogP contribution in [0.5, 0.6) is 11.5 Å². The Bertz CT molecular complexity index is 410. The minimum atomic E-state index is 0.109. The van der Waals surface area contributed by atoms with E-state index < -0.39 is 0 Å². The van der Waals surface area contributed by atoms with Gasteiger partial charge in [-0.05, 0) is 58.7 Å². The van der Waals surface area contributed by atoms with Crippen molar-refractivity contribution in [2.75, 3.05) is 6.61 Å². The highest BCUT2D eigenvalue weighted by molar-refractivity contribution is 5.43. The van der Waals surface area contributed by atoms with E-state index in [2.05, 4.69) is 52.1 Å². The van der Waals surface area contributed by atoms with Crippen LogP contribution in [-0.2, 0) is 6.54 Å². The fourth-order valence-corrected chi connectivity index (χ4v) is 1.70. The van der Waals surface area contributed by atoms with Crippen LogP contribution in [-0.4, -0.2) is 18.2 Å². The maximum atomic E-state index is 5.90. The van der Waals surface area contributed by atoms with Crippen molar-refractivity contribution in [3.63, 3.8) is 0 Å². The zero-order valence-electron chi connectivity index (χ0n) is 13.7. The van der Waals surface area contributed by atoms with Crippen LogP contribution in [0.3, 0.4) is 0 Å². The summed E-state index contributed by atoms with van der Waals surface area (Å²) < 4.78 is 11.6. The Balaban J connectivity index is 2.83. The van der Waals surface area contributed by atoms with Crippen LogP contribution in [0.4, 0.5) is 0 Å². The van der Waals surface area contributed by atoms with Crippen molar-refractivity contribution in [3.05, 3.63) is 23.8 Å². The molecule has 0 fully saturated rings. The van der Waals surface area contributed by atoms with Crippen molar-refractivity contribution < 1.29 is 9.47 Å². The lowest BCUT2D eigenvalue weighted by Crippen LogP contribution is -2.35. The Morgan fingerprint density at radius 3 is 2.40 bits per heavy atom. The molecule has 0 aliphatic rings. The topological polar surface area (TPSA) is 30.5 Å². The summed E-state index contributed by atoms with van der Waals surface area (Å²) in [5.74, 6) is 1.67. The standard InChI is InChI=1S/C17H29NO2/c1-7-13(3)20-15-10-9-14(11-16(15)19-8-2)12-18-17(4,5)6/h9-11,13,18H,7-8,12H2,1-6H3. The summed E-state index contributed by atoms with van der Waals surface area (Å²) in [6, 6.07) is 6.18. The van der Waals surface area contributed by atoms with Crippen molar-refractivity contribution in [2.24, 2.45) is 0 Å². The molecule has 0 aliphatic carbocycles. The van der Waals surface area contributed by atoms with Gasteiger partial charge in [-0.15, -0.1) is 0 Å². The van der Waals surface area contributed by atoms with E-state index in [-0.39, 0.29) is 11.6 Å². The van der Waals surface area contributed by atoms with Gasteiger partial charge in [-0.1, -0.05) is 13.0 Å². The van der Waals surface area contributed by atoms with Gasteiger partial charge in [0.2, 0.25) is 0 Å². The monoisotopic (exact) mass is 279 g/mol. The van der Waals surface area contributed by atoms with Crippen molar-refractivity contribution in [2.45, 2.75) is 66.2 Å². The molecule has 0 aliphatic heterocycles. The molecule has 1 aromatic rings. The van der Waals surface area contributed by atoms with E-state index in [4.69, 9.17) is 9.47 Å². The summed E-state index contributed by atoms with van der Waals surface area (Å²) in [5, 5.41) is 3.48. The summed E-state index contributed by atoms with van der Waals surface area (Å²) in [6.45, 7) is 14.1. The first kappa shape index (κ1) is 16.8. The van der Waals surface area contributed by atoms with Gasteiger partial charge in [-0.25, -0.2) is 0 Å². The van der Waals surface area contributed by atoms with Crippen LogP contribution in [0, 0.1) is 0 Å². The molecule has 1 N–H and O–H groups in total. The van der Waals surface area contributed by atoms with Crippen LogP contribution < -0.4 is 14.8 Å². The highest BCUT2D eigenvalue weighted by atomic mass is 16.5. The van der Waals surface area contributed by atoms with E-state index in [1.165, 1.54) is 5.56 Å². The predicted molar refractivity (Wildman–Crippen MR) is 84.6 cm³/mol. The van der Waals surface area contributed by atoms with Crippen molar-refractivity contribution in [1.82, 2.24) is 5.32 Å². The van der Waals surface area contributed by atoms with E-state index in [1.54, 1.807) is 0 Å². The number of benzene rings is 1.